The van der Waals surface area contributed by atoms with Crippen LogP contribution in [0.1, 0.15) is 11.5 Å². The molecule has 1 saturated heterocycles. The molecule has 2 aliphatic heterocycles. The van der Waals surface area contributed by atoms with E-state index in [9.17, 15) is 0 Å². The molecule has 0 bridgehead atoms. The zero-order chi connectivity index (χ0) is 14.0. The van der Waals surface area contributed by atoms with Crippen molar-refractivity contribution in [3.8, 4) is 11.5 Å². The normalized spacial score (nSPS) is 28.0. The average molecular weight is 296 g/mol. The van der Waals surface area contributed by atoms with Gasteiger partial charge in [0.05, 0.1) is 0 Å². The first kappa shape index (κ1) is 10.6. The Labute approximate surface area is 112 Å². The molecule has 0 N–H and O–H groups in total. The van der Waals surface area contributed by atoms with Gasteiger partial charge in [0.2, 0.25) is 11.5 Å². The third kappa shape index (κ3) is 2.44. The number of fused-ring (bicyclic) bond motifs is 2. The van der Waals surface area contributed by atoms with Crippen molar-refractivity contribution < 1.29 is 18.5 Å². The fourth-order valence-corrected chi connectivity index (χ4v) is 4.29. The van der Waals surface area contributed by atoms with Crippen LogP contribution in [0.5, 0.6) is 11.5 Å². The molecule has 3 heterocycles. The lowest BCUT2D eigenvalue weighted by molar-refractivity contribution is 0.0481. The SMILES string of the molecule is Cc1oc(C)c2c1OC1CSSC[C@@H]1O2.[2H][P+]([3H])=O. The smallest absolute Gasteiger partial charge is 0.385 e. The van der Waals surface area contributed by atoms with Gasteiger partial charge in [0.15, 0.2) is 0 Å². The minimum Gasteiger partial charge on any atom is -0.478 e. The fourth-order valence-electron chi connectivity index (χ4n) is 1.88. The van der Waals surface area contributed by atoms with Crippen molar-refractivity contribution in [3.05, 3.63) is 11.5 Å². The lowest BCUT2D eigenvalue weighted by Gasteiger charge is -2.34. The highest BCUT2D eigenvalue weighted by Gasteiger charge is 2.37. The molecule has 17 heavy (non-hydrogen) atoms. The molecule has 2 aliphatic rings. The van der Waals surface area contributed by atoms with Gasteiger partial charge in [-0.2, -0.15) is 0 Å². The summed E-state index contributed by atoms with van der Waals surface area (Å²) in [6.45, 7) is 3.83. The number of hydrogen-bond acceptors (Lipinski definition) is 6. The third-order valence-electron chi connectivity index (χ3n) is 2.65. The van der Waals surface area contributed by atoms with E-state index in [1.807, 2.05) is 35.4 Å². The standard InChI is InChI=1S/C10H12O3S2.H2OP/c1-5-9-10(6(2)11-5)13-8-4-15-14-3-7(8)12-9;1-2/h7-8H,3-4H2,1-2H3;2H2/q;+1/t7-,8?;/m0./s1/i;2TD. The first-order valence-electron chi connectivity index (χ1n) is 6.01. The highest BCUT2D eigenvalue weighted by molar-refractivity contribution is 8.76. The summed E-state index contributed by atoms with van der Waals surface area (Å²) in [6.07, 6.45) is 0.360. The van der Waals surface area contributed by atoms with E-state index in [1.54, 1.807) is 0 Å². The molecule has 94 valence electrons. The predicted octanol–water partition coefficient (Wildman–Crippen LogP) is 3.01. The molecule has 2 unspecified atom stereocenters. The fraction of sp³-hybridized carbons (Fsp3) is 0.600. The van der Waals surface area contributed by atoms with Crippen LogP contribution in [-0.2, 0) is 4.57 Å². The molecule has 0 amide bonds. The summed E-state index contributed by atoms with van der Waals surface area (Å²) in [5.74, 6) is 5.23. The highest BCUT2D eigenvalue weighted by Crippen LogP contribution is 2.45. The number of aryl methyl sites for hydroxylation is 2. The van der Waals surface area contributed by atoms with Gasteiger partial charge in [-0.3, -0.25) is 0 Å². The van der Waals surface area contributed by atoms with Crippen molar-refractivity contribution >= 4 is 30.6 Å². The second kappa shape index (κ2) is 5.55. The summed E-state index contributed by atoms with van der Waals surface area (Å²) >= 11 is 0. The van der Waals surface area contributed by atoms with Crippen LogP contribution < -0.4 is 9.47 Å². The van der Waals surface area contributed by atoms with Crippen LogP contribution in [0.4, 0.5) is 0 Å². The Bertz CT molecular complexity index is 444. The van der Waals surface area contributed by atoms with E-state index in [4.69, 9.17) is 21.0 Å². The molecule has 0 aromatic carbocycles. The number of ether oxygens (including phenoxy) is 2. The monoisotopic (exact) mass is 296 g/mol. The molecule has 0 aliphatic carbocycles. The summed E-state index contributed by atoms with van der Waals surface area (Å²) in [5, 5.41) is 0. The van der Waals surface area contributed by atoms with Crippen molar-refractivity contribution in [2.45, 2.75) is 26.1 Å². The Kier molecular flexibility index (Phi) is 3.46. The van der Waals surface area contributed by atoms with Gasteiger partial charge >= 0.3 is 11.6 Å². The third-order valence-corrected chi connectivity index (χ3v) is 5.07. The van der Waals surface area contributed by atoms with E-state index >= 15 is 0 Å². The molecule has 7 heteroatoms. The molecule has 4 nitrogen and oxygen atoms in total. The van der Waals surface area contributed by atoms with E-state index in [1.165, 1.54) is 0 Å². The lowest BCUT2D eigenvalue weighted by Crippen LogP contribution is -2.44. The molecule has 3 atom stereocenters. The largest absolute Gasteiger partial charge is 0.478 e. The Morgan fingerprint density at radius 3 is 2.12 bits per heavy atom. The second-order valence-corrected chi connectivity index (χ2v) is 6.31. The van der Waals surface area contributed by atoms with E-state index in [0.29, 0.717) is 0 Å². The molecule has 0 saturated carbocycles. The molecular weight excluding hydrogens is 279 g/mol. The van der Waals surface area contributed by atoms with E-state index in [-0.39, 0.29) is 12.2 Å². The Hall–Kier alpha value is -0.320. The Morgan fingerprint density at radius 1 is 1.29 bits per heavy atom. The summed E-state index contributed by atoms with van der Waals surface area (Å²) in [4.78, 5) is 0. The molecule has 0 radical (unpaired) electrons. The van der Waals surface area contributed by atoms with Crippen molar-refractivity contribution in [1.29, 1.82) is 2.56 Å². The molecule has 1 fully saturated rings. The quantitative estimate of drug-likeness (QED) is 0.542. The Balaban J connectivity index is 0.000000297. The van der Waals surface area contributed by atoms with Crippen molar-refractivity contribution in [1.82, 2.24) is 0 Å². The van der Waals surface area contributed by atoms with E-state index < -0.39 is 9.01 Å². The minimum absolute atomic E-state index is 0.180. The summed E-state index contributed by atoms with van der Waals surface area (Å²) in [5.41, 5.74) is 0. The molecule has 1 aromatic heterocycles. The van der Waals surface area contributed by atoms with Crippen molar-refractivity contribution in [3.63, 3.8) is 0 Å². The van der Waals surface area contributed by atoms with Crippen LogP contribution in [0.25, 0.3) is 0 Å². The van der Waals surface area contributed by atoms with Crippen LogP contribution in [0, 0.1) is 13.8 Å². The van der Waals surface area contributed by atoms with Crippen LogP contribution in [0.15, 0.2) is 4.42 Å². The van der Waals surface area contributed by atoms with Crippen LogP contribution in [-0.4, -0.2) is 26.3 Å². The van der Waals surface area contributed by atoms with Gasteiger partial charge in [-0.05, 0) is 13.8 Å². The predicted molar refractivity (Wildman–Crippen MR) is 72.3 cm³/mol. The molecule has 0 spiro atoms. The summed E-state index contributed by atoms with van der Waals surface area (Å²) in [7, 11) is 1.33. The zero-order valence-corrected chi connectivity index (χ0v) is 12.0. The van der Waals surface area contributed by atoms with Crippen LogP contribution >= 0.6 is 30.6 Å². The number of hydrogen-bond donors (Lipinski definition) is 0. The van der Waals surface area contributed by atoms with Crippen LogP contribution in [0.3, 0.4) is 0 Å². The maximum atomic E-state index is 8.93. The van der Waals surface area contributed by atoms with Gasteiger partial charge in [0.25, 0.3) is 0 Å². The summed E-state index contributed by atoms with van der Waals surface area (Å²) in [6, 6.07) is 0. The van der Waals surface area contributed by atoms with Crippen molar-refractivity contribution in [2.24, 2.45) is 0 Å². The maximum Gasteiger partial charge on any atom is 0.385 e. The van der Waals surface area contributed by atoms with Gasteiger partial charge in [-0.1, -0.05) is 26.2 Å². The van der Waals surface area contributed by atoms with E-state index in [2.05, 4.69) is 0 Å². The molecular formula is C10H14O4PS2+. The van der Waals surface area contributed by atoms with Gasteiger partial charge in [-0.25, -0.2) is 0 Å². The van der Waals surface area contributed by atoms with E-state index in [0.717, 1.165) is 34.5 Å². The van der Waals surface area contributed by atoms with Gasteiger partial charge in [0.1, 0.15) is 23.7 Å². The number of rotatable bonds is 0. The first-order valence-corrected chi connectivity index (χ1v) is 7.97. The summed E-state index contributed by atoms with van der Waals surface area (Å²) < 4.78 is 37.8. The number of furan rings is 1. The topological polar surface area (TPSA) is 48.7 Å². The minimum atomic E-state index is -2.37. The highest BCUT2D eigenvalue weighted by atomic mass is 33.1. The molecule has 3 rings (SSSR count). The Morgan fingerprint density at radius 2 is 1.71 bits per heavy atom. The van der Waals surface area contributed by atoms with Gasteiger partial charge in [0, 0.05) is 11.5 Å². The first-order chi connectivity index (χ1) is 8.99. The van der Waals surface area contributed by atoms with Gasteiger partial charge < -0.3 is 13.9 Å². The maximum absolute atomic E-state index is 8.93. The van der Waals surface area contributed by atoms with Crippen molar-refractivity contribution in [2.75, 3.05) is 11.5 Å². The van der Waals surface area contributed by atoms with Gasteiger partial charge in [-0.15, -0.1) is 0 Å². The van der Waals surface area contributed by atoms with Crippen LogP contribution in [0.2, 0.25) is 0 Å². The molecule has 1 aromatic rings. The zero-order valence-electron chi connectivity index (χ0n) is 11.5. The lowest BCUT2D eigenvalue weighted by atomic mass is 10.2. The average Bonchev–Trinajstić information content (AvgIpc) is 2.62. The second-order valence-electron chi connectivity index (χ2n) is 3.75.